The van der Waals surface area contributed by atoms with Crippen LogP contribution in [-0.4, -0.2) is 22.0 Å². The van der Waals surface area contributed by atoms with Crippen LogP contribution in [0.5, 0.6) is 0 Å². The minimum Gasteiger partial charge on any atom is -0.351 e. The van der Waals surface area contributed by atoms with Gasteiger partial charge in [-0.05, 0) is 6.92 Å². The zero-order chi connectivity index (χ0) is 11.9. The summed E-state index contributed by atoms with van der Waals surface area (Å²) >= 11 is 0. The van der Waals surface area contributed by atoms with Crippen molar-refractivity contribution in [3.05, 3.63) is 17.5 Å². The second-order valence-electron chi connectivity index (χ2n) is 4.18. The molecule has 1 saturated carbocycles. The molecule has 6 heteroatoms. The molecule has 0 unspecified atom stereocenters. The fourth-order valence-electron chi connectivity index (χ4n) is 1.73. The number of H-pyrrole nitrogens is 1. The van der Waals surface area contributed by atoms with E-state index >= 15 is 0 Å². The number of hydrogen-bond acceptors (Lipinski definition) is 2. The summed E-state index contributed by atoms with van der Waals surface area (Å²) < 4.78 is 25.8. The number of nitrogens with zero attached hydrogens (tertiary/aromatic N) is 1. The minimum absolute atomic E-state index is 0.237. The molecule has 1 aromatic heterocycles. The standard InChI is InChI=1S/C10H13F2N3O/c1-5-8(10(5,11)12)9(16)13-3-7-4-14-15-6(7)2/h4-5,8H,3H2,1-2H3,(H,13,16)(H,14,15)/t5-,8+/m0/s1. The number of carbonyl (C=O) groups is 1. The zero-order valence-corrected chi connectivity index (χ0v) is 9.05. The van der Waals surface area contributed by atoms with E-state index in [2.05, 4.69) is 15.5 Å². The van der Waals surface area contributed by atoms with Crippen molar-refractivity contribution in [1.82, 2.24) is 15.5 Å². The molecule has 0 radical (unpaired) electrons. The maximum atomic E-state index is 12.9. The Bertz CT molecular complexity index is 416. The SMILES string of the molecule is Cc1[nH]ncc1CNC(=O)[C@H]1[C@H](C)C1(F)F. The van der Waals surface area contributed by atoms with Crippen molar-refractivity contribution >= 4 is 5.91 Å². The van der Waals surface area contributed by atoms with Gasteiger partial charge in [0.25, 0.3) is 5.92 Å². The number of carbonyl (C=O) groups excluding carboxylic acids is 1. The highest BCUT2D eigenvalue weighted by Crippen LogP contribution is 2.54. The van der Waals surface area contributed by atoms with E-state index in [-0.39, 0.29) is 6.54 Å². The number of halogens is 2. The molecule has 0 saturated heterocycles. The Morgan fingerprint density at radius 3 is 2.75 bits per heavy atom. The van der Waals surface area contributed by atoms with Crippen molar-refractivity contribution in [3.63, 3.8) is 0 Å². The van der Waals surface area contributed by atoms with E-state index in [1.807, 2.05) is 6.92 Å². The maximum Gasteiger partial charge on any atom is 0.263 e. The van der Waals surface area contributed by atoms with Crippen LogP contribution in [0.15, 0.2) is 6.20 Å². The number of rotatable bonds is 3. The van der Waals surface area contributed by atoms with Gasteiger partial charge < -0.3 is 5.32 Å². The summed E-state index contributed by atoms with van der Waals surface area (Å²) in [6.45, 7) is 3.43. The maximum absolute atomic E-state index is 12.9. The topological polar surface area (TPSA) is 57.8 Å². The van der Waals surface area contributed by atoms with Gasteiger partial charge in [0, 0.05) is 23.7 Å². The van der Waals surface area contributed by atoms with Crippen LogP contribution in [0, 0.1) is 18.8 Å². The first kappa shape index (κ1) is 11.0. The molecule has 0 aliphatic heterocycles. The third-order valence-electron chi connectivity index (χ3n) is 3.08. The summed E-state index contributed by atoms with van der Waals surface area (Å²) in [5.74, 6) is -5.44. The Balaban J connectivity index is 1.89. The van der Waals surface area contributed by atoms with Gasteiger partial charge >= 0.3 is 0 Å². The number of hydrogen-bond donors (Lipinski definition) is 2. The van der Waals surface area contributed by atoms with Crippen molar-refractivity contribution in [2.45, 2.75) is 26.3 Å². The average Bonchev–Trinajstić information content (AvgIpc) is 2.58. The van der Waals surface area contributed by atoms with E-state index in [0.717, 1.165) is 11.3 Å². The van der Waals surface area contributed by atoms with Crippen LogP contribution < -0.4 is 5.32 Å². The van der Waals surface area contributed by atoms with E-state index in [9.17, 15) is 13.6 Å². The number of aromatic nitrogens is 2. The number of alkyl halides is 2. The smallest absolute Gasteiger partial charge is 0.263 e. The molecule has 1 fully saturated rings. The van der Waals surface area contributed by atoms with E-state index in [1.165, 1.54) is 6.92 Å². The Morgan fingerprint density at radius 1 is 1.69 bits per heavy atom. The molecule has 1 heterocycles. The summed E-state index contributed by atoms with van der Waals surface area (Å²) in [5.41, 5.74) is 1.64. The third-order valence-corrected chi connectivity index (χ3v) is 3.08. The Hall–Kier alpha value is -1.46. The van der Waals surface area contributed by atoms with Gasteiger partial charge in [0.2, 0.25) is 5.91 Å². The van der Waals surface area contributed by atoms with Gasteiger partial charge in [0.05, 0.1) is 6.20 Å². The first-order valence-electron chi connectivity index (χ1n) is 5.09. The van der Waals surface area contributed by atoms with E-state index in [0.29, 0.717) is 0 Å². The van der Waals surface area contributed by atoms with Gasteiger partial charge in [-0.1, -0.05) is 6.92 Å². The summed E-state index contributed by atoms with van der Waals surface area (Å²) in [4.78, 5) is 11.4. The fourth-order valence-corrected chi connectivity index (χ4v) is 1.73. The molecule has 0 bridgehead atoms. The molecule has 0 aromatic carbocycles. The summed E-state index contributed by atoms with van der Waals surface area (Å²) in [6, 6.07) is 0. The second-order valence-corrected chi connectivity index (χ2v) is 4.18. The molecule has 1 aromatic rings. The van der Waals surface area contributed by atoms with Crippen molar-refractivity contribution in [2.75, 3.05) is 0 Å². The lowest BCUT2D eigenvalue weighted by molar-refractivity contribution is -0.124. The van der Waals surface area contributed by atoms with Gasteiger partial charge in [-0.2, -0.15) is 5.10 Å². The van der Waals surface area contributed by atoms with E-state index in [1.54, 1.807) is 6.20 Å². The van der Waals surface area contributed by atoms with Crippen molar-refractivity contribution in [3.8, 4) is 0 Å². The Kier molecular flexibility index (Phi) is 2.44. The van der Waals surface area contributed by atoms with Gasteiger partial charge in [0.15, 0.2) is 0 Å². The van der Waals surface area contributed by atoms with Crippen LogP contribution in [0.3, 0.4) is 0 Å². The average molecular weight is 229 g/mol. The summed E-state index contributed by atoms with van der Waals surface area (Å²) in [6.07, 6.45) is 1.57. The molecular weight excluding hydrogens is 216 g/mol. The predicted octanol–water partition coefficient (Wildman–Crippen LogP) is 1.24. The largest absolute Gasteiger partial charge is 0.351 e. The predicted molar refractivity (Wildman–Crippen MR) is 52.8 cm³/mol. The minimum atomic E-state index is -2.84. The third kappa shape index (κ3) is 1.68. The first-order valence-corrected chi connectivity index (χ1v) is 5.09. The van der Waals surface area contributed by atoms with E-state index in [4.69, 9.17) is 0 Å². The van der Waals surface area contributed by atoms with Crippen LogP contribution in [0.4, 0.5) is 8.78 Å². The highest BCUT2D eigenvalue weighted by Gasteiger charge is 2.69. The van der Waals surface area contributed by atoms with Gasteiger partial charge in [0.1, 0.15) is 5.92 Å². The number of aryl methyl sites for hydroxylation is 1. The molecule has 2 atom stereocenters. The quantitative estimate of drug-likeness (QED) is 0.819. The Labute approximate surface area is 91.4 Å². The molecule has 0 spiro atoms. The lowest BCUT2D eigenvalue weighted by atomic mass is 10.2. The molecule has 88 valence electrons. The summed E-state index contributed by atoms with van der Waals surface area (Å²) in [7, 11) is 0. The molecule has 16 heavy (non-hydrogen) atoms. The lowest BCUT2D eigenvalue weighted by Gasteiger charge is -2.03. The monoisotopic (exact) mass is 229 g/mol. The molecule has 2 N–H and O–H groups in total. The van der Waals surface area contributed by atoms with Crippen LogP contribution in [0.1, 0.15) is 18.2 Å². The number of amides is 1. The molecule has 2 rings (SSSR count). The molecular formula is C10H13F2N3O. The van der Waals surface area contributed by atoms with Crippen molar-refractivity contribution in [1.29, 1.82) is 0 Å². The second kappa shape index (κ2) is 3.54. The Morgan fingerprint density at radius 2 is 2.31 bits per heavy atom. The summed E-state index contributed by atoms with van der Waals surface area (Å²) in [5, 5.41) is 8.99. The highest BCUT2D eigenvalue weighted by atomic mass is 19.3. The molecule has 1 aliphatic rings. The fraction of sp³-hybridized carbons (Fsp3) is 0.600. The van der Waals surface area contributed by atoms with Gasteiger partial charge in [-0.3, -0.25) is 9.89 Å². The van der Waals surface area contributed by atoms with Crippen molar-refractivity contribution in [2.24, 2.45) is 11.8 Å². The van der Waals surface area contributed by atoms with Gasteiger partial charge in [-0.15, -0.1) is 0 Å². The first-order chi connectivity index (χ1) is 7.44. The van der Waals surface area contributed by atoms with Crippen LogP contribution in [0.25, 0.3) is 0 Å². The normalized spacial score (nSPS) is 26.5. The molecule has 1 amide bonds. The molecule has 1 aliphatic carbocycles. The zero-order valence-electron chi connectivity index (χ0n) is 9.05. The number of nitrogens with one attached hydrogen (secondary N) is 2. The van der Waals surface area contributed by atoms with E-state index < -0.39 is 23.7 Å². The molecule has 4 nitrogen and oxygen atoms in total. The number of aromatic amines is 1. The van der Waals surface area contributed by atoms with Crippen LogP contribution in [-0.2, 0) is 11.3 Å². The van der Waals surface area contributed by atoms with Gasteiger partial charge in [-0.25, -0.2) is 8.78 Å². The van der Waals surface area contributed by atoms with Crippen molar-refractivity contribution < 1.29 is 13.6 Å². The van der Waals surface area contributed by atoms with Crippen LogP contribution in [0.2, 0.25) is 0 Å². The highest BCUT2D eigenvalue weighted by molar-refractivity contribution is 5.83. The lowest BCUT2D eigenvalue weighted by Crippen LogP contribution is -2.26. The van der Waals surface area contributed by atoms with Crippen LogP contribution >= 0.6 is 0 Å².